The Bertz CT molecular complexity index is 1330. The number of hydrogen-bond acceptors (Lipinski definition) is 5. The van der Waals surface area contributed by atoms with E-state index in [2.05, 4.69) is 5.32 Å². The Balaban J connectivity index is 1.54. The first-order valence-corrected chi connectivity index (χ1v) is 14.3. The minimum atomic E-state index is -0.720. The number of nitrogens with one attached hydrogen (secondary N) is 1. The Morgan fingerprint density at radius 2 is 1.52 bits per heavy atom. The molecule has 2 N–H and O–H groups in total. The molecule has 0 aliphatic carbocycles. The summed E-state index contributed by atoms with van der Waals surface area (Å²) in [7, 11) is 0. The number of benzene rings is 3. The smallest absolute Gasteiger partial charge is 0.310 e. The molecular weight excluding hydrogens is 535 g/mol. The lowest BCUT2D eigenvalue weighted by molar-refractivity contribution is -0.155. The Hall–Kier alpha value is -4.30. The summed E-state index contributed by atoms with van der Waals surface area (Å²) in [5.41, 5.74) is 2.49. The van der Waals surface area contributed by atoms with Gasteiger partial charge in [-0.3, -0.25) is 14.4 Å². The standard InChI is InChI=1S/C34H37FN2O5/c35-30-17-15-25(16-18-30)21-29-14-8-7-13-28(22-32(39)37(19-20-38)24-26-9-3-1-4-10-26)33(40)36-23-31(42-34(29)41)27-11-5-2-6-12-27/h1-12,15-18,28-29,31,38H,13-14,19-24H2,(H,36,40)/b8-7-/t28-,29-,31-/m0/s1. The molecule has 1 aliphatic rings. The highest BCUT2D eigenvalue weighted by Gasteiger charge is 2.28. The monoisotopic (exact) mass is 572 g/mol. The number of carbonyl (C=O) groups is 3. The van der Waals surface area contributed by atoms with Crippen molar-refractivity contribution in [3.05, 3.63) is 120 Å². The SMILES string of the molecule is O=C1NC[C@@H](c2ccccc2)OC(=O)[C@H](Cc2ccc(F)cc2)C/C=C\C[C@H]1CC(=O)N(CCO)Cc1ccccc1. The first-order valence-electron chi connectivity index (χ1n) is 14.3. The van der Waals surface area contributed by atoms with Crippen LogP contribution in [0.1, 0.15) is 42.1 Å². The summed E-state index contributed by atoms with van der Waals surface area (Å²) in [4.78, 5) is 41.6. The van der Waals surface area contributed by atoms with Crippen molar-refractivity contribution in [3.8, 4) is 0 Å². The van der Waals surface area contributed by atoms with Crippen LogP contribution in [0.2, 0.25) is 0 Å². The molecule has 3 aromatic rings. The maximum atomic E-state index is 13.5. The van der Waals surface area contributed by atoms with Gasteiger partial charge in [-0.2, -0.15) is 0 Å². The van der Waals surface area contributed by atoms with Crippen LogP contribution in [0.4, 0.5) is 4.39 Å². The fourth-order valence-corrected chi connectivity index (χ4v) is 5.00. The largest absolute Gasteiger partial charge is 0.455 e. The third kappa shape index (κ3) is 9.11. The van der Waals surface area contributed by atoms with E-state index in [0.717, 1.165) is 16.7 Å². The number of amides is 2. The molecule has 7 nitrogen and oxygen atoms in total. The van der Waals surface area contributed by atoms with Crippen LogP contribution in [0.25, 0.3) is 0 Å². The first kappa shape index (κ1) is 30.7. The zero-order valence-corrected chi connectivity index (χ0v) is 23.5. The van der Waals surface area contributed by atoms with Gasteiger partial charge in [0, 0.05) is 19.5 Å². The fraction of sp³-hybridized carbons (Fsp3) is 0.324. The number of halogens is 1. The van der Waals surface area contributed by atoms with Gasteiger partial charge >= 0.3 is 5.97 Å². The van der Waals surface area contributed by atoms with E-state index in [0.29, 0.717) is 25.8 Å². The topological polar surface area (TPSA) is 95.9 Å². The van der Waals surface area contributed by atoms with Gasteiger partial charge in [0.25, 0.3) is 0 Å². The van der Waals surface area contributed by atoms with Gasteiger partial charge in [-0.05, 0) is 48.1 Å². The van der Waals surface area contributed by atoms with Gasteiger partial charge in [-0.15, -0.1) is 0 Å². The number of esters is 1. The maximum absolute atomic E-state index is 13.5. The molecule has 0 unspecified atom stereocenters. The van der Waals surface area contributed by atoms with Crippen molar-refractivity contribution in [2.75, 3.05) is 19.7 Å². The number of carbonyl (C=O) groups excluding carboxylic acids is 3. The predicted octanol–water partition coefficient (Wildman–Crippen LogP) is 4.76. The van der Waals surface area contributed by atoms with Crippen LogP contribution in [0.5, 0.6) is 0 Å². The molecule has 0 fully saturated rings. The second-order valence-corrected chi connectivity index (χ2v) is 10.5. The number of nitrogens with zero attached hydrogens (tertiary/aromatic N) is 1. The van der Waals surface area contributed by atoms with E-state index in [4.69, 9.17) is 4.74 Å². The Labute approximate surface area is 246 Å². The normalized spacial score (nSPS) is 20.4. The Morgan fingerprint density at radius 3 is 2.19 bits per heavy atom. The third-order valence-electron chi connectivity index (χ3n) is 7.36. The van der Waals surface area contributed by atoms with E-state index in [9.17, 15) is 23.9 Å². The third-order valence-corrected chi connectivity index (χ3v) is 7.36. The molecule has 2 amide bonds. The maximum Gasteiger partial charge on any atom is 0.310 e. The number of ether oxygens (including phenoxy) is 1. The van der Waals surface area contributed by atoms with E-state index in [1.807, 2.05) is 72.8 Å². The number of aliphatic hydroxyl groups is 1. The molecular formula is C34H37FN2O5. The summed E-state index contributed by atoms with van der Waals surface area (Å²) in [6.07, 6.45) is 3.96. The van der Waals surface area contributed by atoms with Crippen LogP contribution in [0.15, 0.2) is 97.1 Å². The van der Waals surface area contributed by atoms with Crippen molar-refractivity contribution < 1.29 is 28.6 Å². The summed E-state index contributed by atoms with van der Waals surface area (Å²) in [5, 5.41) is 12.5. The predicted molar refractivity (Wildman–Crippen MR) is 157 cm³/mol. The van der Waals surface area contributed by atoms with Gasteiger partial charge in [0.2, 0.25) is 11.8 Å². The average molecular weight is 573 g/mol. The van der Waals surface area contributed by atoms with E-state index in [1.54, 1.807) is 17.0 Å². The minimum Gasteiger partial charge on any atom is -0.455 e. The van der Waals surface area contributed by atoms with Crippen LogP contribution in [-0.4, -0.2) is 47.5 Å². The molecule has 220 valence electrons. The summed E-state index contributed by atoms with van der Waals surface area (Å²) < 4.78 is 19.4. The van der Waals surface area contributed by atoms with Crippen LogP contribution in [0.3, 0.4) is 0 Å². The quantitative estimate of drug-likeness (QED) is 0.285. The molecule has 0 saturated heterocycles. The lowest BCUT2D eigenvalue weighted by Crippen LogP contribution is -2.40. The zero-order valence-electron chi connectivity index (χ0n) is 23.5. The van der Waals surface area contributed by atoms with Crippen LogP contribution in [-0.2, 0) is 32.1 Å². The first-order chi connectivity index (χ1) is 20.4. The molecule has 1 aliphatic heterocycles. The molecule has 0 spiro atoms. The highest BCUT2D eigenvalue weighted by atomic mass is 19.1. The van der Waals surface area contributed by atoms with Crippen molar-refractivity contribution in [2.45, 2.75) is 38.3 Å². The van der Waals surface area contributed by atoms with E-state index in [1.165, 1.54) is 12.1 Å². The highest BCUT2D eigenvalue weighted by molar-refractivity contribution is 5.86. The minimum absolute atomic E-state index is 0.0300. The van der Waals surface area contributed by atoms with Crippen molar-refractivity contribution in [1.82, 2.24) is 10.2 Å². The highest BCUT2D eigenvalue weighted by Crippen LogP contribution is 2.24. The zero-order chi connectivity index (χ0) is 29.7. The number of allylic oxidation sites excluding steroid dienone is 2. The van der Waals surface area contributed by atoms with E-state index in [-0.39, 0.29) is 43.7 Å². The molecule has 3 atom stereocenters. The Morgan fingerprint density at radius 1 is 0.881 bits per heavy atom. The number of cyclic esters (lactones) is 1. The molecule has 42 heavy (non-hydrogen) atoms. The summed E-state index contributed by atoms with van der Waals surface area (Å²) >= 11 is 0. The number of hydrogen-bond donors (Lipinski definition) is 2. The number of aliphatic hydroxyl groups excluding tert-OH is 1. The van der Waals surface area contributed by atoms with Crippen LogP contribution in [0, 0.1) is 17.7 Å². The van der Waals surface area contributed by atoms with Gasteiger partial charge in [0.15, 0.2) is 0 Å². The molecule has 1 heterocycles. The van der Waals surface area contributed by atoms with Crippen molar-refractivity contribution in [2.24, 2.45) is 11.8 Å². The molecule has 8 heteroatoms. The van der Waals surface area contributed by atoms with Crippen LogP contribution >= 0.6 is 0 Å². The lowest BCUT2D eigenvalue weighted by Gasteiger charge is -2.26. The molecule has 4 rings (SSSR count). The van der Waals surface area contributed by atoms with Crippen molar-refractivity contribution in [3.63, 3.8) is 0 Å². The average Bonchev–Trinajstić information content (AvgIpc) is 3.01. The lowest BCUT2D eigenvalue weighted by atomic mass is 9.94. The molecule has 0 saturated carbocycles. The second-order valence-electron chi connectivity index (χ2n) is 10.5. The van der Waals surface area contributed by atoms with E-state index >= 15 is 0 Å². The molecule has 0 bridgehead atoms. The molecule has 0 radical (unpaired) electrons. The van der Waals surface area contributed by atoms with Crippen LogP contribution < -0.4 is 5.32 Å². The fourth-order valence-electron chi connectivity index (χ4n) is 5.00. The van der Waals surface area contributed by atoms with Gasteiger partial charge in [0.1, 0.15) is 11.9 Å². The van der Waals surface area contributed by atoms with Gasteiger partial charge in [-0.1, -0.05) is 84.9 Å². The summed E-state index contributed by atoms with van der Waals surface area (Å²) in [6.45, 7) is 0.363. The van der Waals surface area contributed by atoms with Gasteiger partial charge in [-0.25, -0.2) is 4.39 Å². The summed E-state index contributed by atoms with van der Waals surface area (Å²) in [5.74, 6) is -2.45. The second kappa shape index (κ2) is 15.6. The molecule has 3 aromatic carbocycles. The summed E-state index contributed by atoms with van der Waals surface area (Å²) in [6, 6.07) is 24.8. The molecule has 0 aromatic heterocycles. The van der Waals surface area contributed by atoms with Gasteiger partial charge < -0.3 is 20.1 Å². The van der Waals surface area contributed by atoms with E-state index < -0.39 is 23.9 Å². The van der Waals surface area contributed by atoms with Crippen molar-refractivity contribution in [1.29, 1.82) is 0 Å². The van der Waals surface area contributed by atoms with Gasteiger partial charge in [0.05, 0.1) is 25.0 Å². The Kier molecular flexibility index (Phi) is 11.4. The van der Waals surface area contributed by atoms with Crippen molar-refractivity contribution >= 4 is 17.8 Å². The number of rotatable bonds is 9.